The zero-order valence-electron chi connectivity index (χ0n) is 18.1. The molecule has 32 heavy (non-hydrogen) atoms. The topological polar surface area (TPSA) is 80.3 Å². The lowest BCUT2D eigenvalue weighted by Gasteiger charge is -2.11. The van der Waals surface area contributed by atoms with Gasteiger partial charge in [0.15, 0.2) is 0 Å². The van der Waals surface area contributed by atoms with Crippen molar-refractivity contribution in [2.75, 3.05) is 13.7 Å². The number of unbranched alkanes of at least 4 members (excludes halogenated alkanes) is 1. The molecule has 0 aliphatic rings. The van der Waals surface area contributed by atoms with E-state index >= 15 is 0 Å². The second kappa shape index (κ2) is 12.1. The molecule has 2 amide bonds. The van der Waals surface area contributed by atoms with Crippen molar-refractivity contribution in [1.82, 2.24) is 15.6 Å². The first-order chi connectivity index (χ1) is 15.7. The molecule has 0 saturated carbocycles. The lowest BCUT2D eigenvalue weighted by Crippen LogP contribution is -2.35. The Hall–Kier alpha value is -3.93. The number of amides is 2. The fourth-order valence-electron chi connectivity index (χ4n) is 3.10. The number of carbonyl (C=O) groups is 2. The third-order valence-corrected chi connectivity index (χ3v) is 4.83. The molecule has 2 N–H and O–H groups in total. The Morgan fingerprint density at radius 3 is 2.31 bits per heavy atom. The molecular formula is C26H27N3O3. The normalized spacial score (nSPS) is 11.0. The number of nitrogens with zero attached hydrogens (tertiary/aromatic N) is 1. The molecule has 164 valence electrons. The summed E-state index contributed by atoms with van der Waals surface area (Å²) in [4.78, 5) is 29.6. The largest absolute Gasteiger partial charge is 0.481 e. The van der Waals surface area contributed by atoms with Gasteiger partial charge in [0.2, 0.25) is 5.88 Å². The minimum atomic E-state index is -0.349. The van der Waals surface area contributed by atoms with Crippen LogP contribution in [0.2, 0.25) is 0 Å². The minimum absolute atomic E-state index is 0.161. The summed E-state index contributed by atoms with van der Waals surface area (Å²) in [6.07, 6.45) is 5.95. The number of methoxy groups -OCH3 is 1. The third-order valence-electron chi connectivity index (χ3n) is 4.83. The molecular weight excluding hydrogens is 402 g/mol. The van der Waals surface area contributed by atoms with Crippen molar-refractivity contribution in [3.8, 4) is 5.88 Å². The van der Waals surface area contributed by atoms with Gasteiger partial charge in [-0.3, -0.25) is 9.59 Å². The van der Waals surface area contributed by atoms with Gasteiger partial charge in [-0.25, -0.2) is 4.98 Å². The van der Waals surface area contributed by atoms with E-state index in [2.05, 4.69) is 27.8 Å². The molecule has 6 nitrogen and oxygen atoms in total. The molecule has 0 unspecified atom stereocenters. The molecule has 2 aromatic carbocycles. The maximum atomic E-state index is 12.8. The summed E-state index contributed by atoms with van der Waals surface area (Å²) in [5, 5.41) is 5.63. The van der Waals surface area contributed by atoms with Gasteiger partial charge in [0.05, 0.1) is 7.11 Å². The maximum absolute atomic E-state index is 12.8. The average molecular weight is 430 g/mol. The van der Waals surface area contributed by atoms with Crippen molar-refractivity contribution in [2.24, 2.45) is 0 Å². The predicted molar refractivity (Wildman–Crippen MR) is 125 cm³/mol. The van der Waals surface area contributed by atoms with Crippen LogP contribution in [0.15, 0.2) is 84.7 Å². The number of ether oxygens (including phenoxy) is 1. The highest BCUT2D eigenvalue weighted by molar-refractivity contribution is 6.05. The second-order valence-electron chi connectivity index (χ2n) is 7.21. The Kier molecular flexibility index (Phi) is 8.57. The Bertz CT molecular complexity index is 1030. The van der Waals surface area contributed by atoms with Gasteiger partial charge in [-0.05, 0) is 54.7 Å². The smallest absolute Gasteiger partial charge is 0.267 e. The maximum Gasteiger partial charge on any atom is 0.267 e. The van der Waals surface area contributed by atoms with Crippen LogP contribution in [-0.4, -0.2) is 30.5 Å². The summed E-state index contributed by atoms with van der Waals surface area (Å²) < 4.78 is 5.07. The van der Waals surface area contributed by atoms with Crippen molar-refractivity contribution >= 4 is 17.9 Å². The highest BCUT2D eigenvalue weighted by Gasteiger charge is 2.14. The Morgan fingerprint density at radius 2 is 1.66 bits per heavy atom. The Labute approximate surface area is 188 Å². The predicted octanol–water partition coefficient (Wildman–Crippen LogP) is 4.00. The van der Waals surface area contributed by atoms with Crippen LogP contribution >= 0.6 is 0 Å². The van der Waals surface area contributed by atoms with E-state index in [4.69, 9.17) is 4.74 Å². The van der Waals surface area contributed by atoms with E-state index in [1.807, 2.05) is 24.3 Å². The zero-order valence-corrected chi connectivity index (χ0v) is 18.1. The fraction of sp³-hybridized carbons (Fsp3) is 0.192. The summed E-state index contributed by atoms with van der Waals surface area (Å²) in [7, 11) is 1.54. The SMILES string of the molecule is COc1ccc(C=C(NC(=O)c2ccccc2)C(=O)NCCCCc2ccccc2)cn1. The van der Waals surface area contributed by atoms with Gasteiger partial charge >= 0.3 is 0 Å². The molecule has 1 aromatic heterocycles. The van der Waals surface area contributed by atoms with Crippen LogP contribution in [0.4, 0.5) is 0 Å². The van der Waals surface area contributed by atoms with Crippen LogP contribution in [0, 0.1) is 0 Å². The number of aromatic nitrogens is 1. The first-order valence-electron chi connectivity index (χ1n) is 10.6. The summed E-state index contributed by atoms with van der Waals surface area (Å²) >= 11 is 0. The van der Waals surface area contributed by atoms with E-state index in [1.54, 1.807) is 48.7 Å². The lowest BCUT2D eigenvalue weighted by atomic mass is 10.1. The van der Waals surface area contributed by atoms with Gasteiger partial charge in [0.25, 0.3) is 11.8 Å². The highest BCUT2D eigenvalue weighted by Crippen LogP contribution is 2.11. The summed E-state index contributed by atoms with van der Waals surface area (Å²) in [6.45, 7) is 0.519. The molecule has 3 aromatic rings. The van der Waals surface area contributed by atoms with E-state index in [0.717, 1.165) is 19.3 Å². The molecule has 0 bridgehead atoms. The van der Waals surface area contributed by atoms with Crippen LogP contribution in [0.3, 0.4) is 0 Å². The van der Waals surface area contributed by atoms with Crippen molar-refractivity contribution in [2.45, 2.75) is 19.3 Å². The molecule has 3 rings (SSSR count). The first kappa shape index (κ1) is 22.7. The van der Waals surface area contributed by atoms with Gasteiger partial charge in [-0.15, -0.1) is 0 Å². The van der Waals surface area contributed by atoms with E-state index in [-0.39, 0.29) is 17.5 Å². The van der Waals surface area contributed by atoms with Gasteiger partial charge < -0.3 is 15.4 Å². The number of benzene rings is 2. The van der Waals surface area contributed by atoms with Crippen molar-refractivity contribution in [3.05, 3.63) is 101 Å². The molecule has 0 aliphatic heterocycles. The van der Waals surface area contributed by atoms with Crippen LogP contribution in [0.1, 0.15) is 34.3 Å². The van der Waals surface area contributed by atoms with E-state index < -0.39 is 0 Å². The first-order valence-corrected chi connectivity index (χ1v) is 10.6. The molecule has 0 atom stereocenters. The van der Waals surface area contributed by atoms with Crippen LogP contribution in [0.25, 0.3) is 6.08 Å². The lowest BCUT2D eigenvalue weighted by molar-refractivity contribution is -0.117. The standard InChI is InChI=1S/C26H27N3O3/c1-32-24-16-15-21(19-28-24)18-23(29-25(30)22-13-6-3-7-14-22)26(31)27-17-9-8-12-20-10-4-2-5-11-20/h2-7,10-11,13-16,18-19H,8-9,12,17H2,1H3,(H,27,31)(H,29,30). The van der Waals surface area contributed by atoms with E-state index in [0.29, 0.717) is 23.6 Å². The number of rotatable bonds is 10. The van der Waals surface area contributed by atoms with Crippen molar-refractivity contribution in [1.29, 1.82) is 0 Å². The van der Waals surface area contributed by atoms with Gasteiger partial charge in [-0.2, -0.15) is 0 Å². The minimum Gasteiger partial charge on any atom is -0.481 e. The second-order valence-corrected chi connectivity index (χ2v) is 7.21. The average Bonchev–Trinajstić information content (AvgIpc) is 2.85. The van der Waals surface area contributed by atoms with Gasteiger partial charge in [0.1, 0.15) is 5.70 Å². The van der Waals surface area contributed by atoms with Crippen LogP contribution in [-0.2, 0) is 11.2 Å². The molecule has 0 fully saturated rings. The van der Waals surface area contributed by atoms with E-state index in [1.165, 1.54) is 12.7 Å². The number of pyridine rings is 1. The summed E-state index contributed by atoms with van der Waals surface area (Å²) in [6, 6.07) is 22.5. The molecule has 6 heteroatoms. The molecule has 0 aliphatic carbocycles. The quantitative estimate of drug-likeness (QED) is 0.377. The number of nitrogens with one attached hydrogen (secondary N) is 2. The number of aryl methyl sites for hydroxylation is 1. The number of hydrogen-bond acceptors (Lipinski definition) is 4. The molecule has 0 radical (unpaired) electrons. The van der Waals surface area contributed by atoms with Gasteiger partial charge in [0, 0.05) is 24.4 Å². The third kappa shape index (κ3) is 7.09. The number of carbonyl (C=O) groups excluding carboxylic acids is 2. The molecule has 1 heterocycles. The Morgan fingerprint density at radius 1 is 0.938 bits per heavy atom. The van der Waals surface area contributed by atoms with E-state index in [9.17, 15) is 9.59 Å². The van der Waals surface area contributed by atoms with Crippen molar-refractivity contribution < 1.29 is 14.3 Å². The van der Waals surface area contributed by atoms with Crippen LogP contribution < -0.4 is 15.4 Å². The fourth-order valence-corrected chi connectivity index (χ4v) is 3.10. The van der Waals surface area contributed by atoms with Crippen molar-refractivity contribution in [3.63, 3.8) is 0 Å². The monoisotopic (exact) mass is 429 g/mol. The van der Waals surface area contributed by atoms with Crippen LogP contribution in [0.5, 0.6) is 5.88 Å². The summed E-state index contributed by atoms with van der Waals surface area (Å²) in [5.74, 6) is -0.220. The number of hydrogen-bond donors (Lipinski definition) is 2. The zero-order chi connectivity index (χ0) is 22.6. The summed E-state index contributed by atoms with van der Waals surface area (Å²) in [5.41, 5.74) is 2.59. The Balaban J connectivity index is 1.63. The highest BCUT2D eigenvalue weighted by atomic mass is 16.5. The molecule has 0 saturated heterocycles. The van der Waals surface area contributed by atoms with Gasteiger partial charge in [-0.1, -0.05) is 48.5 Å². The molecule has 0 spiro atoms.